The van der Waals surface area contributed by atoms with E-state index in [0.29, 0.717) is 13.0 Å². The lowest BCUT2D eigenvalue weighted by Gasteiger charge is -2.19. The fraction of sp³-hybridized carbons (Fsp3) is 0.533. The number of para-hydroxylation sites is 1. The molecule has 0 amide bonds. The zero-order valence-electron chi connectivity index (χ0n) is 12.1. The monoisotopic (exact) mass is 265 g/mol. The zero-order valence-corrected chi connectivity index (χ0v) is 12.1. The van der Waals surface area contributed by atoms with Crippen LogP contribution in [-0.2, 0) is 16.0 Å². The first-order valence-electron chi connectivity index (χ1n) is 6.63. The van der Waals surface area contributed by atoms with Crippen molar-refractivity contribution >= 4 is 5.97 Å². The lowest BCUT2D eigenvalue weighted by Crippen LogP contribution is -2.27. The summed E-state index contributed by atoms with van der Waals surface area (Å²) in [7, 11) is 0. The number of esters is 1. The Bertz CT molecular complexity index is 429. The number of carbonyl (C=O) groups excluding carboxylic acids is 1. The standard InChI is InChI=1S/C15H23NO3/c1-5-18-15(17)12(4)19-14-10(2)7-6-8-13(14)9-11(3)16/h6-8,11-12H,5,9,16H2,1-4H3. The highest BCUT2D eigenvalue weighted by molar-refractivity contribution is 5.74. The minimum Gasteiger partial charge on any atom is -0.478 e. The molecule has 0 radical (unpaired) electrons. The highest BCUT2D eigenvalue weighted by Crippen LogP contribution is 2.25. The third kappa shape index (κ3) is 4.56. The fourth-order valence-electron chi connectivity index (χ4n) is 1.87. The Morgan fingerprint density at radius 3 is 2.63 bits per heavy atom. The molecule has 4 heteroatoms. The molecule has 1 aromatic carbocycles. The SMILES string of the molecule is CCOC(=O)C(C)Oc1c(C)cccc1CC(C)N. The molecule has 0 saturated heterocycles. The first-order chi connectivity index (χ1) is 8.95. The molecular formula is C15H23NO3. The fourth-order valence-corrected chi connectivity index (χ4v) is 1.87. The maximum absolute atomic E-state index is 11.6. The topological polar surface area (TPSA) is 61.5 Å². The van der Waals surface area contributed by atoms with Gasteiger partial charge >= 0.3 is 5.97 Å². The summed E-state index contributed by atoms with van der Waals surface area (Å²) in [6.45, 7) is 7.73. The van der Waals surface area contributed by atoms with Gasteiger partial charge in [0.1, 0.15) is 5.75 Å². The van der Waals surface area contributed by atoms with Crippen LogP contribution in [0.1, 0.15) is 31.9 Å². The Hall–Kier alpha value is -1.55. The van der Waals surface area contributed by atoms with E-state index in [1.165, 1.54) is 0 Å². The second-order valence-electron chi connectivity index (χ2n) is 4.76. The molecule has 0 fully saturated rings. The van der Waals surface area contributed by atoms with Crippen molar-refractivity contribution in [1.82, 2.24) is 0 Å². The maximum Gasteiger partial charge on any atom is 0.347 e. The van der Waals surface area contributed by atoms with Gasteiger partial charge in [0.2, 0.25) is 0 Å². The lowest BCUT2D eigenvalue weighted by atomic mass is 10.0. The minimum atomic E-state index is -0.618. The van der Waals surface area contributed by atoms with Crippen LogP contribution >= 0.6 is 0 Å². The summed E-state index contributed by atoms with van der Waals surface area (Å²) in [6.07, 6.45) is 0.0971. The zero-order chi connectivity index (χ0) is 14.4. The maximum atomic E-state index is 11.6. The molecular weight excluding hydrogens is 242 g/mol. The predicted octanol–water partition coefficient (Wildman–Crippen LogP) is 2.22. The molecule has 2 N–H and O–H groups in total. The number of ether oxygens (including phenoxy) is 2. The molecule has 0 aliphatic carbocycles. The molecule has 0 spiro atoms. The van der Waals surface area contributed by atoms with Gasteiger partial charge in [0.05, 0.1) is 6.61 Å². The Kier molecular flexibility index (Phi) is 5.83. The Morgan fingerprint density at radius 1 is 1.37 bits per heavy atom. The highest BCUT2D eigenvalue weighted by Gasteiger charge is 2.18. The summed E-state index contributed by atoms with van der Waals surface area (Å²) in [5.74, 6) is 0.387. The van der Waals surface area contributed by atoms with Crippen LogP contribution < -0.4 is 10.5 Å². The molecule has 106 valence electrons. The number of benzene rings is 1. The first kappa shape index (κ1) is 15.5. The van der Waals surface area contributed by atoms with Crippen molar-refractivity contribution in [1.29, 1.82) is 0 Å². The summed E-state index contributed by atoms with van der Waals surface area (Å²) in [6, 6.07) is 5.94. The quantitative estimate of drug-likeness (QED) is 0.801. The Balaban J connectivity index is 2.89. The molecule has 0 aliphatic rings. The van der Waals surface area contributed by atoms with Crippen LogP contribution in [0.15, 0.2) is 18.2 Å². The number of nitrogens with two attached hydrogens (primary N) is 1. The highest BCUT2D eigenvalue weighted by atomic mass is 16.6. The Labute approximate surface area is 114 Å². The molecule has 0 heterocycles. The minimum absolute atomic E-state index is 0.0436. The summed E-state index contributed by atoms with van der Waals surface area (Å²) < 4.78 is 10.7. The summed E-state index contributed by atoms with van der Waals surface area (Å²) in [5, 5.41) is 0. The lowest BCUT2D eigenvalue weighted by molar-refractivity contribution is -0.150. The molecule has 2 atom stereocenters. The molecule has 2 unspecified atom stereocenters. The average Bonchev–Trinajstić information content (AvgIpc) is 2.33. The first-order valence-corrected chi connectivity index (χ1v) is 6.63. The molecule has 0 saturated carbocycles. The Morgan fingerprint density at radius 2 is 2.05 bits per heavy atom. The van der Waals surface area contributed by atoms with Crippen molar-refractivity contribution in [3.8, 4) is 5.75 Å². The number of rotatable bonds is 6. The summed E-state index contributed by atoms with van der Waals surface area (Å²) >= 11 is 0. The van der Waals surface area contributed by atoms with E-state index in [-0.39, 0.29) is 12.0 Å². The van der Waals surface area contributed by atoms with Crippen LogP contribution in [0.5, 0.6) is 5.75 Å². The molecule has 19 heavy (non-hydrogen) atoms. The second kappa shape index (κ2) is 7.14. The third-order valence-corrected chi connectivity index (χ3v) is 2.75. The van der Waals surface area contributed by atoms with Gasteiger partial charge in [-0.05, 0) is 45.2 Å². The molecule has 4 nitrogen and oxygen atoms in total. The number of carbonyl (C=O) groups is 1. The smallest absolute Gasteiger partial charge is 0.347 e. The van der Waals surface area contributed by atoms with Crippen LogP contribution in [0, 0.1) is 6.92 Å². The number of hydrogen-bond acceptors (Lipinski definition) is 4. The van der Waals surface area contributed by atoms with Crippen LogP contribution in [0.2, 0.25) is 0 Å². The van der Waals surface area contributed by atoms with Crippen LogP contribution in [0.3, 0.4) is 0 Å². The van der Waals surface area contributed by atoms with Gasteiger partial charge in [-0.3, -0.25) is 0 Å². The predicted molar refractivity (Wildman–Crippen MR) is 75.3 cm³/mol. The van der Waals surface area contributed by atoms with E-state index in [4.69, 9.17) is 15.2 Å². The second-order valence-corrected chi connectivity index (χ2v) is 4.76. The van der Waals surface area contributed by atoms with E-state index >= 15 is 0 Å². The van der Waals surface area contributed by atoms with E-state index < -0.39 is 6.10 Å². The van der Waals surface area contributed by atoms with Gasteiger partial charge < -0.3 is 15.2 Å². The molecule has 0 aromatic heterocycles. The molecule has 0 aliphatic heterocycles. The van der Waals surface area contributed by atoms with E-state index in [0.717, 1.165) is 16.9 Å². The largest absolute Gasteiger partial charge is 0.478 e. The van der Waals surface area contributed by atoms with Crippen molar-refractivity contribution in [2.45, 2.75) is 46.3 Å². The summed E-state index contributed by atoms with van der Waals surface area (Å²) in [5.41, 5.74) is 7.85. The van der Waals surface area contributed by atoms with E-state index in [2.05, 4.69) is 0 Å². The van der Waals surface area contributed by atoms with Gasteiger partial charge in [-0.1, -0.05) is 18.2 Å². The average molecular weight is 265 g/mol. The van der Waals surface area contributed by atoms with Gasteiger partial charge in [0.25, 0.3) is 0 Å². The van der Waals surface area contributed by atoms with E-state index in [1.54, 1.807) is 13.8 Å². The van der Waals surface area contributed by atoms with Crippen LogP contribution in [-0.4, -0.2) is 24.7 Å². The van der Waals surface area contributed by atoms with Gasteiger partial charge in [0.15, 0.2) is 6.10 Å². The van der Waals surface area contributed by atoms with Crippen molar-refractivity contribution in [3.63, 3.8) is 0 Å². The van der Waals surface area contributed by atoms with Gasteiger partial charge in [-0.2, -0.15) is 0 Å². The van der Waals surface area contributed by atoms with E-state index in [1.807, 2.05) is 32.0 Å². The number of aryl methyl sites for hydroxylation is 1. The van der Waals surface area contributed by atoms with Crippen molar-refractivity contribution in [2.75, 3.05) is 6.61 Å². The van der Waals surface area contributed by atoms with E-state index in [9.17, 15) is 4.79 Å². The van der Waals surface area contributed by atoms with Crippen LogP contribution in [0.4, 0.5) is 0 Å². The van der Waals surface area contributed by atoms with Crippen LogP contribution in [0.25, 0.3) is 0 Å². The van der Waals surface area contributed by atoms with Gasteiger partial charge in [-0.15, -0.1) is 0 Å². The van der Waals surface area contributed by atoms with Crippen molar-refractivity contribution in [3.05, 3.63) is 29.3 Å². The molecule has 1 aromatic rings. The van der Waals surface area contributed by atoms with Gasteiger partial charge in [-0.25, -0.2) is 4.79 Å². The number of hydrogen-bond donors (Lipinski definition) is 1. The van der Waals surface area contributed by atoms with Gasteiger partial charge in [0, 0.05) is 6.04 Å². The summed E-state index contributed by atoms with van der Waals surface area (Å²) in [4.78, 5) is 11.6. The third-order valence-electron chi connectivity index (χ3n) is 2.75. The van der Waals surface area contributed by atoms with Crippen molar-refractivity contribution < 1.29 is 14.3 Å². The molecule has 1 rings (SSSR count). The molecule has 0 bridgehead atoms. The van der Waals surface area contributed by atoms with Crippen molar-refractivity contribution in [2.24, 2.45) is 5.73 Å². The normalized spacial score (nSPS) is 13.7.